The summed E-state index contributed by atoms with van der Waals surface area (Å²) in [6.45, 7) is 2.23. The van der Waals surface area contributed by atoms with Crippen molar-refractivity contribution in [2.75, 3.05) is 4.90 Å². The third-order valence-corrected chi connectivity index (χ3v) is 6.32. The number of hydrogen-bond acceptors (Lipinski definition) is 6. The first-order valence-corrected chi connectivity index (χ1v) is 11.1. The van der Waals surface area contributed by atoms with Crippen molar-refractivity contribution < 1.29 is 18.8 Å². The second-order valence-electron chi connectivity index (χ2n) is 7.19. The molecule has 1 heterocycles. The van der Waals surface area contributed by atoms with Gasteiger partial charge in [0.05, 0.1) is 15.5 Å². The largest absolute Gasteiger partial charge is 0.488 e. The monoisotopic (exact) mass is 480 g/mol. The fourth-order valence-corrected chi connectivity index (χ4v) is 4.53. The maximum Gasteiger partial charge on any atom is 0.270 e. The molecule has 1 amide bonds. The Labute approximate surface area is 198 Å². The van der Waals surface area contributed by atoms with E-state index in [0.29, 0.717) is 17.0 Å². The minimum absolute atomic E-state index is 0.126. The fourth-order valence-electron chi connectivity index (χ4n) is 3.24. The number of rotatable bonds is 6. The van der Waals surface area contributed by atoms with Crippen LogP contribution in [0.25, 0.3) is 6.08 Å². The van der Waals surface area contributed by atoms with E-state index in [-0.39, 0.29) is 21.5 Å². The second-order valence-corrected chi connectivity index (χ2v) is 8.86. The molecule has 0 unspecified atom stereocenters. The number of aryl methyl sites for hydroxylation is 1. The number of carbonyl (C=O) groups excluding carboxylic acids is 1. The van der Waals surface area contributed by atoms with Gasteiger partial charge in [0, 0.05) is 17.7 Å². The summed E-state index contributed by atoms with van der Waals surface area (Å²) in [4.78, 5) is 25.4. The predicted octanol–water partition coefficient (Wildman–Crippen LogP) is 6.03. The van der Waals surface area contributed by atoms with Crippen molar-refractivity contribution in [3.63, 3.8) is 0 Å². The molecule has 0 N–H and O–H groups in total. The van der Waals surface area contributed by atoms with E-state index in [1.807, 2.05) is 31.2 Å². The van der Waals surface area contributed by atoms with Gasteiger partial charge < -0.3 is 4.74 Å². The summed E-state index contributed by atoms with van der Waals surface area (Å²) in [6, 6.07) is 17.4. The molecule has 0 saturated carbocycles. The molecule has 166 valence electrons. The molecule has 3 aromatic rings. The first kappa shape index (κ1) is 22.6. The van der Waals surface area contributed by atoms with Crippen molar-refractivity contribution >= 4 is 51.7 Å². The van der Waals surface area contributed by atoms with Crippen molar-refractivity contribution in [1.82, 2.24) is 0 Å². The van der Waals surface area contributed by atoms with Crippen LogP contribution in [0.4, 0.5) is 15.8 Å². The van der Waals surface area contributed by atoms with E-state index in [1.165, 1.54) is 53.4 Å². The second kappa shape index (κ2) is 9.51. The van der Waals surface area contributed by atoms with Crippen molar-refractivity contribution in [3.8, 4) is 5.75 Å². The van der Waals surface area contributed by atoms with Gasteiger partial charge in [-0.25, -0.2) is 4.39 Å². The van der Waals surface area contributed by atoms with Crippen LogP contribution in [0.5, 0.6) is 5.75 Å². The van der Waals surface area contributed by atoms with Crippen molar-refractivity contribution in [2.45, 2.75) is 13.5 Å². The molecule has 1 saturated heterocycles. The smallest absolute Gasteiger partial charge is 0.270 e. The molecular formula is C24H17FN2O4S2. The molecule has 0 atom stereocenters. The van der Waals surface area contributed by atoms with Gasteiger partial charge in [-0.1, -0.05) is 48.2 Å². The number of thioether (sulfide) groups is 1. The molecule has 0 aromatic heterocycles. The highest BCUT2D eigenvalue weighted by atomic mass is 32.2. The van der Waals surface area contributed by atoms with E-state index in [1.54, 1.807) is 0 Å². The van der Waals surface area contributed by atoms with E-state index >= 15 is 0 Å². The normalized spacial score (nSPS) is 14.7. The summed E-state index contributed by atoms with van der Waals surface area (Å²) in [5.74, 6) is -0.421. The van der Waals surface area contributed by atoms with Gasteiger partial charge in [-0.15, -0.1) is 0 Å². The lowest BCUT2D eigenvalue weighted by atomic mass is 10.1. The number of hydrogen-bond donors (Lipinski definition) is 0. The van der Waals surface area contributed by atoms with Gasteiger partial charge in [0.15, 0.2) is 4.32 Å². The van der Waals surface area contributed by atoms with Crippen molar-refractivity contribution in [3.05, 3.63) is 104 Å². The molecule has 1 aliphatic heterocycles. The number of nitrogens with zero attached hydrogens (tertiary/aromatic N) is 2. The molecule has 0 aliphatic carbocycles. The number of halogens is 1. The van der Waals surface area contributed by atoms with E-state index < -0.39 is 16.6 Å². The lowest BCUT2D eigenvalue weighted by Gasteiger charge is -2.14. The summed E-state index contributed by atoms with van der Waals surface area (Å²) >= 11 is 6.41. The van der Waals surface area contributed by atoms with Gasteiger partial charge >= 0.3 is 0 Å². The maximum absolute atomic E-state index is 13.3. The van der Waals surface area contributed by atoms with Crippen LogP contribution in [0.3, 0.4) is 0 Å². The number of ether oxygens (including phenoxy) is 1. The molecule has 3 aromatic carbocycles. The number of nitro benzene ring substituents is 1. The van der Waals surface area contributed by atoms with E-state index in [2.05, 4.69) is 0 Å². The molecule has 0 radical (unpaired) electrons. The molecule has 1 fully saturated rings. The van der Waals surface area contributed by atoms with Crippen LogP contribution in [0.1, 0.15) is 16.7 Å². The molecule has 9 heteroatoms. The van der Waals surface area contributed by atoms with Crippen LogP contribution in [0.15, 0.2) is 71.6 Å². The fraction of sp³-hybridized carbons (Fsp3) is 0.0833. The van der Waals surface area contributed by atoms with Gasteiger partial charge in [-0.3, -0.25) is 19.8 Å². The molecule has 33 heavy (non-hydrogen) atoms. The first-order chi connectivity index (χ1) is 15.8. The SMILES string of the molecule is Cc1ccccc1COc1ccc([N+](=O)[O-])cc1/C=C1/SC(=S)N(c2ccc(F)cc2)C1=O. The predicted molar refractivity (Wildman–Crippen MR) is 131 cm³/mol. The lowest BCUT2D eigenvalue weighted by Crippen LogP contribution is -2.27. The van der Waals surface area contributed by atoms with E-state index in [9.17, 15) is 19.3 Å². The number of non-ortho nitro benzene ring substituents is 1. The van der Waals surface area contributed by atoms with Gasteiger partial charge in [0.25, 0.3) is 11.6 Å². The Kier molecular flexibility index (Phi) is 6.52. The Hall–Kier alpha value is -3.56. The van der Waals surface area contributed by atoms with Gasteiger partial charge in [-0.05, 0) is 54.5 Å². The maximum atomic E-state index is 13.3. The number of nitro groups is 1. The summed E-state index contributed by atoms with van der Waals surface area (Å²) < 4.78 is 19.5. The highest BCUT2D eigenvalue weighted by molar-refractivity contribution is 8.27. The Morgan fingerprint density at radius 3 is 2.58 bits per heavy atom. The van der Waals surface area contributed by atoms with Gasteiger partial charge in [0.2, 0.25) is 0 Å². The quantitative estimate of drug-likeness (QED) is 0.186. The Morgan fingerprint density at radius 2 is 1.88 bits per heavy atom. The summed E-state index contributed by atoms with van der Waals surface area (Å²) in [5, 5.41) is 11.3. The molecule has 6 nitrogen and oxygen atoms in total. The molecule has 4 rings (SSSR count). The zero-order chi connectivity index (χ0) is 23.5. The van der Waals surface area contributed by atoms with Crippen LogP contribution >= 0.6 is 24.0 Å². The zero-order valence-corrected chi connectivity index (χ0v) is 19.0. The zero-order valence-electron chi connectivity index (χ0n) is 17.4. The minimum atomic E-state index is -0.508. The minimum Gasteiger partial charge on any atom is -0.488 e. The average molecular weight is 481 g/mol. The number of amides is 1. The Balaban J connectivity index is 1.66. The number of carbonyl (C=O) groups is 1. The van der Waals surface area contributed by atoms with Crippen LogP contribution in [0.2, 0.25) is 0 Å². The number of thiocarbonyl (C=S) groups is 1. The topological polar surface area (TPSA) is 72.7 Å². The van der Waals surface area contributed by atoms with Crippen LogP contribution < -0.4 is 9.64 Å². The number of anilines is 1. The van der Waals surface area contributed by atoms with Crippen LogP contribution in [-0.2, 0) is 11.4 Å². The molecular weight excluding hydrogens is 463 g/mol. The van der Waals surface area contributed by atoms with Crippen LogP contribution in [-0.4, -0.2) is 15.2 Å². The van der Waals surface area contributed by atoms with Crippen molar-refractivity contribution in [2.24, 2.45) is 0 Å². The Bertz CT molecular complexity index is 1290. The summed E-state index contributed by atoms with van der Waals surface area (Å²) in [5.41, 5.74) is 2.74. The van der Waals surface area contributed by atoms with Gasteiger partial charge in [-0.2, -0.15) is 0 Å². The average Bonchev–Trinajstić information content (AvgIpc) is 3.07. The third kappa shape index (κ3) is 4.94. The van der Waals surface area contributed by atoms with E-state index in [0.717, 1.165) is 22.9 Å². The highest BCUT2D eigenvalue weighted by Crippen LogP contribution is 2.38. The molecule has 0 spiro atoms. The standard InChI is InChI=1S/C24H17FN2O4S2/c1-15-4-2-3-5-16(15)14-31-21-11-10-20(27(29)30)12-17(21)13-22-23(28)26(24(32)33-22)19-8-6-18(25)7-9-19/h2-13H,14H2,1H3/b22-13+. The highest BCUT2D eigenvalue weighted by Gasteiger charge is 2.33. The Morgan fingerprint density at radius 1 is 1.15 bits per heavy atom. The first-order valence-electron chi connectivity index (χ1n) is 9.83. The lowest BCUT2D eigenvalue weighted by molar-refractivity contribution is -0.384. The molecule has 0 bridgehead atoms. The summed E-state index contributed by atoms with van der Waals surface area (Å²) in [6.07, 6.45) is 1.53. The van der Waals surface area contributed by atoms with Gasteiger partial charge in [0.1, 0.15) is 18.2 Å². The van der Waals surface area contributed by atoms with E-state index in [4.69, 9.17) is 17.0 Å². The third-order valence-electron chi connectivity index (χ3n) is 5.01. The number of benzene rings is 3. The van der Waals surface area contributed by atoms with Crippen LogP contribution in [0, 0.1) is 22.9 Å². The van der Waals surface area contributed by atoms with Crippen molar-refractivity contribution in [1.29, 1.82) is 0 Å². The molecule has 1 aliphatic rings. The summed E-state index contributed by atoms with van der Waals surface area (Å²) in [7, 11) is 0.